The summed E-state index contributed by atoms with van der Waals surface area (Å²) in [4.78, 5) is 37.3. The van der Waals surface area contributed by atoms with Crippen LogP contribution in [-0.2, 0) is 33.3 Å². The summed E-state index contributed by atoms with van der Waals surface area (Å²) in [5.74, 6) is -1.99. The molecule has 0 saturated heterocycles. The minimum atomic E-state index is -1.50. The molecule has 0 fully saturated rings. The van der Waals surface area contributed by atoms with Gasteiger partial charge in [0.15, 0.2) is 6.10 Å². The van der Waals surface area contributed by atoms with Crippen molar-refractivity contribution in [1.82, 2.24) is 0 Å². The van der Waals surface area contributed by atoms with Crippen molar-refractivity contribution in [2.24, 2.45) is 0 Å². The number of carboxylic acid groups (broad SMARTS) is 1. The fourth-order valence-electron chi connectivity index (χ4n) is 9.16. The first-order chi connectivity index (χ1) is 35.1. The Labute approximate surface area is 446 Å². The Morgan fingerprint density at radius 3 is 1.10 bits per heavy atom. The number of allylic oxidation sites excluding steroid dienone is 4. The quantitative estimate of drug-likeness (QED) is 0.0211. The van der Waals surface area contributed by atoms with Crippen molar-refractivity contribution >= 4 is 17.9 Å². The van der Waals surface area contributed by atoms with Gasteiger partial charge in [0.05, 0.1) is 34.4 Å². The maximum Gasteiger partial charge on any atom is 0.361 e. The van der Waals surface area contributed by atoms with Crippen LogP contribution < -0.4 is 0 Å². The van der Waals surface area contributed by atoms with Gasteiger partial charge in [-0.15, -0.1) is 0 Å². The molecule has 2 atom stereocenters. The summed E-state index contributed by atoms with van der Waals surface area (Å²) in [5.41, 5.74) is 0. The predicted molar refractivity (Wildman–Crippen MR) is 304 cm³/mol. The van der Waals surface area contributed by atoms with Gasteiger partial charge in [-0.1, -0.05) is 269 Å². The number of carboxylic acids is 1. The first-order valence-corrected chi connectivity index (χ1v) is 31.0. The van der Waals surface area contributed by atoms with Crippen molar-refractivity contribution in [2.75, 3.05) is 47.5 Å². The van der Waals surface area contributed by atoms with Gasteiger partial charge in [0.2, 0.25) is 0 Å². The van der Waals surface area contributed by atoms with Crippen LogP contribution in [0, 0.1) is 0 Å². The van der Waals surface area contributed by atoms with Crippen molar-refractivity contribution < 1.29 is 42.9 Å². The zero-order valence-corrected chi connectivity index (χ0v) is 48.4. The van der Waals surface area contributed by atoms with Gasteiger partial charge in [-0.2, -0.15) is 0 Å². The van der Waals surface area contributed by atoms with Crippen molar-refractivity contribution in [3.8, 4) is 0 Å². The Balaban J connectivity index is 3.90. The summed E-state index contributed by atoms with van der Waals surface area (Å²) in [6.07, 6.45) is 63.0. The van der Waals surface area contributed by atoms with Gasteiger partial charge >= 0.3 is 17.9 Å². The summed E-state index contributed by atoms with van der Waals surface area (Å²) in [6, 6.07) is 0. The topological polar surface area (TPSA) is 108 Å². The Hall–Kier alpha value is -2.23. The number of carbonyl (C=O) groups excluding carboxylic acids is 2. The van der Waals surface area contributed by atoms with E-state index in [0.717, 1.165) is 44.9 Å². The number of hydrogen-bond acceptors (Lipinski definition) is 7. The Morgan fingerprint density at radius 1 is 0.417 bits per heavy atom. The fraction of sp³-hybridized carbons (Fsp3) is 0.889. The van der Waals surface area contributed by atoms with Gasteiger partial charge in [0, 0.05) is 12.8 Å². The average molecular weight is 1020 g/mol. The molecule has 0 rings (SSSR count). The normalized spacial score (nSPS) is 12.8. The van der Waals surface area contributed by atoms with Crippen LogP contribution in [0.5, 0.6) is 0 Å². The number of rotatable bonds is 58. The zero-order valence-electron chi connectivity index (χ0n) is 48.4. The largest absolute Gasteiger partial charge is 0.477 e. The van der Waals surface area contributed by atoms with Crippen LogP contribution in [0.2, 0.25) is 0 Å². The van der Waals surface area contributed by atoms with Crippen LogP contribution in [-0.4, -0.2) is 87.4 Å². The maximum absolute atomic E-state index is 12.8. The molecule has 0 spiro atoms. The molecule has 424 valence electrons. The van der Waals surface area contributed by atoms with Crippen LogP contribution in [0.1, 0.15) is 303 Å². The number of quaternary nitrogens is 1. The molecular weight excluding hydrogens is 899 g/mol. The molecule has 0 aliphatic heterocycles. The summed E-state index contributed by atoms with van der Waals surface area (Å²) in [6.45, 7) is 4.89. The molecule has 0 saturated carbocycles. The monoisotopic (exact) mass is 1020 g/mol. The van der Waals surface area contributed by atoms with Crippen molar-refractivity contribution in [3.05, 3.63) is 24.3 Å². The predicted octanol–water partition coefficient (Wildman–Crippen LogP) is 18.3. The van der Waals surface area contributed by atoms with Gasteiger partial charge in [0.1, 0.15) is 13.2 Å². The number of carbonyl (C=O) groups is 3. The molecule has 2 unspecified atom stereocenters. The highest BCUT2D eigenvalue weighted by Gasteiger charge is 2.25. The summed E-state index contributed by atoms with van der Waals surface area (Å²) in [5, 5.41) is 9.67. The molecule has 0 radical (unpaired) electrons. The van der Waals surface area contributed by atoms with Gasteiger partial charge < -0.3 is 28.5 Å². The number of hydrogen-bond donors (Lipinski definition) is 1. The molecular formula is C63H120NO8+. The highest BCUT2D eigenvalue weighted by Crippen LogP contribution is 2.18. The Kier molecular flexibility index (Phi) is 53.3. The molecule has 0 aromatic carbocycles. The molecule has 9 nitrogen and oxygen atoms in total. The van der Waals surface area contributed by atoms with Gasteiger partial charge in [0.25, 0.3) is 6.29 Å². The minimum absolute atomic E-state index is 0.175. The van der Waals surface area contributed by atoms with Crippen LogP contribution in [0.4, 0.5) is 0 Å². The lowest BCUT2D eigenvalue weighted by Gasteiger charge is -2.25. The molecule has 0 amide bonds. The van der Waals surface area contributed by atoms with E-state index in [9.17, 15) is 19.5 Å². The van der Waals surface area contributed by atoms with E-state index in [1.165, 1.54) is 231 Å². The van der Waals surface area contributed by atoms with E-state index in [0.29, 0.717) is 17.4 Å². The van der Waals surface area contributed by atoms with E-state index < -0.39 is 18.4 Å². The molecule has 1 N–H and O–H groups in total. The number of nitrogens with zero attached hydrogens (tertiary/aromatic N) is 1. The van der Waals surface area contributed by atoms with Gasteiger partial charge in [-0.05, 0) is 44.9 Å². The Bertz CT molecular complexity index is 1230. The first kappa shape index (κ1) is 69.8. The van der Waals surface area contributed by atoms with Crippen LogP contribution in [0.25, 0.3) is 0 Å². The SMILES string of the molecule is CCCCCCC/C=C\C/C=C\CCCCCCCCCCCCCCCCCCCCCCCCCCCC(=O)OC(COC(=O)CCCCCCCCCCCC)COC(OCC[N+](C)(C)C)C(=O)O. The van der Waals surface area contributed by atoms with Gasteiger partial charge in [-0.25, -0.2) is 4.79 Å². The third-order valence-corrected chi connectivity index (χ3v) is 14.0. The molecule has 0 aromatic rings. The number of likely N-dealkylation sites (N-methyl/N-ethyl adjacent to an activating group) is 1. The van der Waals surface area contributed by atoms with E-state index in [-0.39, 0.29) is 38.2 Å². The highest BCUT2D eigenvalue weighted by atomic mass is 16.7. The molecule has 0 bridgehead atoms. The zero-order chi connectivity index (χ0) is 52.7. The molecule has 0 aliphatic rings. The van der Waals surface area contributed by atoms with Crippen molar-refractivity contribution in [3.63, 3.8) is 0 Å². The van der Waals surface area contributed by atoms with Crippen LogP contribution in [0.15, 0.2) is 24.3 Å². The number of aliphatic carboxylic acids is 1. The summed E-state index contributed by atoms with van der Waals surface area (Å²) < 4.78 is 22.8. The second-order valence-corrected chi connectivity index (χ2v) is 22.4. The van der Waals surface area contributed by atoms with Crippen molar-refractivity contribution in [2.45, 2.75) is 315 Å². The molecule has 0 aliphatic carbocycles. The minimum Gasteiger partial charge on any atom is -0.477 e. The van der Waals surface area contributed by atoms with Crippen molar-refractivity contribution in [1.29, 1.82) is 0 Å². The molecule has 0 heterocycles. The lowest BCUT2D eigenvalue weighted by molar-refractivity contribution is -0.870. The summed E-state index contributed by atoms with van der Waals surface area (Å²) in [7, 11) is 5.97. The highest BCUT2D eigenvalue weighted by molar-refractivity contribution is 5.71. The average Bonchev–Trinajstić information content (AvgIpc) is 3.35. The maximum atomic E-state index is 12.8. The van der Waals surface area contributed by atoms with Gasteiger partial charge in [-0.3, -0.25) is 9.59 Å². The third-order valence-electron chi connectivity index (χ3n) is 14.0. The first-order valence-electron chi connectivity index (χ1n) is 31.0. The van der Waals surface area contributed by atoms with E-state index in [2.05, 4.69) is 38.2 Å². The van der Waals surface area contributed by atoms with E-state index in [4.69, 9.17) is 18.9 Å². The van der Waals surface area contributed by atoms with Crippen LogP contribution in [0.3, 0.4) is 0 Å². The second kappa shape index (κ2) is 55.0. The third kappa shape index (κ3) is 55.5. The molecule has 72 heavy (non-hydrogen) atoms. The lowest BCUT2D eigenvalue weighted by Crippen LogP contribution is -2.40. The number of esters is 2. The van der Waals surface area contributed by atoms with E-state index in [1.807, 2.05) is 21.1 Å². The fourth-order valence-corrected chi connectivity index (χ4v) is 9.16. The smallest absolute Gasteiger partial charge is 0.361 e. The van der Waals surface area contributed by atoms with Crippen LogP contribution >= 0.6 is 0 Å². The number of unbranched alkanes of at least 4 members (excludes halogenated alkanes) is 39. The molecule has 9 heteroatoms. The lowest BCUT2D eigenvalue weighted by atomic mass is 10.0. The number of ether oxygens (including phenoxy) is 4. The van der Waals surface area contributed by atoms with E-state index >= 15 is 0 Å². The summed E-state index contributed by atoms with van der Waals surface area (Å²) >= 11 is 0. The molecule has 0 aromatic heterocycles. The second-order valence-electron chi connectivity index (χ2n) is 22.4. The van der Waals surface area contributed by atoms with E-state index in [1.54, 1.807) is 0 Å². The Morgan fingerprint density at radius 2 is 0.750 bits per heavy atom. The standard InChI is InChI=1S/C63H119NO8/c1-6-8-10-12-14-16-18-19-20-21-22-23-24-25-26-27-28-29-30-31-32-33-34-35-36-37-38-39-40-41-42-43-44-46-48-50-52-54-61(66)72-59(58-71-63(62(67)68)69-56-55-64(3,4)5)57-70-60(65)53-51-49-47-45-17-15-13-11-9-7-2/h18-19,21-22,59,63H,6-17,20,23-58H2,1-5H3/p+1/b19-18-,22-21-.